The third-order valence-corrected chi connectivity index (χ3v) is 5.51. The molecule has 0 unspecified atom stereocenters. The van der Waals surface area contributed by atoms with Crippen LogP contribution in [0.4, 0.5) is 5.95 Å². The molecular weight excluding hydrogens is 308 g/mol. The summed E-state index contributed by atoms with van der Waals surface area (Å²) in [6, 6.07) is 5.19. The van der Waals surface area contributed by atoms with E-state index in [0.717, 1.165) is 11.3 Å². The number of hydrogen-bond donors (Lipinski definition) is 1. The number of sulfonamides is 1. The van der Waals surface area contributed by atoms with Crippen molar-refractivity contribution in [1.29, 1.82) is 0 Å². The minimum Gasteiger partial charge on any atom is -0.246 e. The van der Waals surface area contributed by atoms with Crippen LogP contribution in [0.25, 0.3) is 4.96 Å². The Hall–Kier alpha value is -1.93. The van der Waals surface area contributed by atoms with Crippen LogP contribution >= 0.6 is 11.3 Å². The van der Waals surface area contributed by atoms with Crippen LogP contribution in [0.3, 0.4) is 0 Å². The molecule has 6 nitrogen and oxygen atoms in total. The molecule has 0 aliphatic carbocycles. The molecule has 0 saturated heterocycles. The van der Waals surface area contributed by atoms with Gasteiger partial charge in [0.2, 0.25) is 4.96 Å². The maximum absolute atomic E-state index is 12.4. The van der Waals surface area contributed by atoms with Crippen LogP contribution in [0.1, 0.15) is 16.8 Å². The lowest BCUT2D eigenvalue weighted by Crippen LogP contribution is -2.15. The van der Waals surface area contributed by atoms with Gasteiger partial charge in [0.25, 0.3) is 16.0 Å². The molecule has 2 aromatic heterocycles. The van der Waals surface area contributed by atoms with Crippen LogP contribution < -0.4 is 4.72 Å². The quantitative estimate of drug-likeness (QED) is 0.804. The first kappa shape index (κ1) is 14.0. The summed E-state index contributed by atoms with van der Waals surface area (Å²) in [5, 5.41) is 6.07. The van der Waals surface area contributed by atoms with Crippen molar-refractivity contribution in [2.75, 3.05) is 4.72 Å². The van der Waals surface area contributed by atoms with E-state index in [2.05, 4.69) is 14.8 Å². The molecule has 0 spiro atoms. The van der Waals surface area contributed by atoms with Crippen molar-refractivity contribution < 1.29 is 8.42 Å². The number of aromatic nitrogens is 3. The Balaban J connectivity index is 1.98. The Bertz CT molecular complexity index is 925. The average molecular weight is 322 g/mol. The molecule has 0 amide bonds. The predicted octanol–water partition coefficient (Wildman–Crippen LogP) is 2.52. The molecule has 3 aromatic rings. The van der Waals surface area contributed by atoms with E-state index >= 15 is 0 Å². The second-order valence-corrected chi connectivity index (χ2v) is 7.37. The molecule has 0 bridgehead atoms. The summed E-state index contributed by atoms with van der Waals surface area (Å²) < 4.78 is 28.9. The van der Waals surface area contributed by atoms with E-state index in [0.29, 0.717) is 10.5 Å². The van der Waals surface area contributed by atoms with Gasteiger partial charge >= 0.3 is 0 Å². The van der Waals surface area contributed by atoms with Gasteiger partial charge < -0.3 is 0 Å². The standard InChI is InChI=1S/C13H14N4O2S2/c1-8-4-5-11(9(2)6-8)21(18,19)16-12-14-13-17(15-12)10(3)7-20-13/h4-7H,1-3H3,(H,15,16). The summed E-state index contributed by atoms with van der Waals surface area (Å²) >= 11 is 1.42. The van der Waals surface area contributed by atoms with Crippen LogP contribution in [0.15, 0.2) is 28.5 Å². The topological polar surface area (TPSA) is 76.4 Å². The molecule has 0 aliphatic heterocycles. The van der Waals surface area contributed by atoms with E-state index in [9.17, 15) is 8.42 Å². The van der Waals surface area contributed by atoms with Gasteiger partial charge in [-0.05, 0) is 32.4 Å². The van der Waals surface area contributed by atoms with Gasteiger partial charge in [0.05, 0.1) is 10.6 Å². The smallest absolute Gasteiger partial charge is 0.246 e. The van der Waals surface area contributed by atoms with Gasteiger partial charge in [0.15, 0.2) is 0 Å². The van der Waals surface area contributed by atoms with Crippen molar-refractivity contribution in [1.82, 2.24) is 14.6 Å². The maximum atomic E-state index is 12.4. The van der Waals surface area contributed by atoms with Crippen molar-refractivity contribution in [2.24, 2.45) is 0 Å². The molecule has 8 heteroatoms. The Morgan fingerprint density at radius 1 is 1.24 bits per heavy atom. The van der Waals surface area contributed by atoms with Crippen LogP contribution in [0.2, 0.25) is 0 Å². The highest BCUT2D eigenvalue weighted by Crippen LogP contribution is 2.21. The van der Waals surface area contributed by atoms with E-state index < -0.39 is 10.0 Å². The summed E-state index contributed by atoms with van der Waals surface area (Å²) in [6.07, 6.45) is 0. The molecule has 0 fully saturated rings. The Morgan fingerprint density at radius 3 is 2.67 bits per heavy atom. The molecule has 0 radical (unpaired) electrons. The zero-order valence-electron chi connectivity index (χ0n) is 11.8. The molecule has 3 rings (SSSR count). The Kier molecular flexibility index (Phi) is 3.22. The summed E-state index contributed by atoms with van der Waals surface area (Å²) in [7, 11) is -3.68. The van der Waals surface area contributed by atoms with Gasteiger partial charge in [-0.15, -0.1) is 16.4 Å². The van der Waals surface area contributed by atoms with Crippen molar-refractivity contribution >= 4 is 32.3 Å². The average Bonchev–Trinajstić information content (AvgIpc) is 2.90. The second kappa shape index (κ2) is 4.81. The monoisotopic (exact) mass is 322 g/mol. The minimum absolute atomic E-state index is 0.0879. The SMILES string of the molecule is Cc1ccc(S(=O)(=O)Nc2nc3scc(C)n3n2)c(C)c1. The molecular formula is C13H14N4O2S2. The largest absolute Gasteiger partial charge is 0.264 e. The Labute approximate surface area is 126 Å². The highest BCUT2D eigenvalue weighted by atomic mass is 32.2. The van der Waals surface area contributed by atoms with Gasteiger partial charge in [-0.25, -0.2) is 17.7 Å². The van der Waals surface area contributed by atoms with Crippen LogP contribution in [-0.2, 0) is 10.0 Å². The Morgan fingerprint density at radius 2 is 2.00 bits per heavy atom. The lowest BCUT2D eigenvalue weighted by atomic mass is 10.2. The van der Waals surface area contributed by atoms with Crippen molar-refractivity contribution in [3.63, 3.8) is 0 Å². The zero-order valence-corrected chi connectivity index (χ0v) is 13.4. The number of nitrogens with one attached hydrogen (secondary N) is 1. The summed E-state index contributed by atoms with van der Waals surface area (Å²) in [4.78, 5) is 5.07. The molecule has 21 heavy (non-hydrogen) atoms. The predicted molar refractivity (Wildman–Crippen MR) is 82.3 cm³/mol. The first-order valence-corrected chi connectivity index (χ1v) is 8.64. The molecule has 1 N–H and O–H groups in total. The van der Waals surface area contributed by atoms with Crippen LogP contribution in [0.5, 0.6) is 0 Å². The second-order valence-electron chi connectivity index (χ2n) is 4.88. The lowest BCUT2D eigenvalue weighted by Gasteiger charge is -2.08. The van der Waals surface area contributed by atoms with E-state index in [-0.39, 0.29) is 10.8 Å². The van der Waals surface area contributed by atoms with Gasteiger partial charge in [-0.3, -0.25) is 0 Å². The fraction of sp³-hybridized carbons (Fsp3) is 0.231. The fourth-order valence-electron chi connectivity index (χ4n) is 2.11. The van der Waals surface area contributed by atoms with E-state index in [1.54, 1.807) is 23.6 Å². The maximum Gasteiger partial charge on any atom is 0.264 e. The van der Waals surface area contributed by atoms with E-state index in [1.165, 1.54) is 11.3 Å². The first-order valence-electron chi connectivity index (χ1n) is 6.28. The number of anilines is 1. The van der Waals surface area contributed by atoms with Gasteiger partial charge in [0, 0.05) is 5.38 Å². The third-order valence-electron chi connectivity index (χ3n) is 3.09. The molecule has 1 aromatic carbocycles. The number of aryl methyl sites for hydroxylation is 3. The molecule has 110 valence electrons. The zero-order chi connectivity index (χ0) is 15.2. The van der Waals surface area contributed by atoms with Crippen molar-refractivity contribution in [3.05, 3.63) is 40.4 Å². The molecule has 0 aliphatic rings. The number of hydrogen-bond acceptors (Lipinski definition) is 5. The van der Waals surface area contributed by atoms with Gasteiger partial charge in [0.1, 0.15) is 0 Å². The number of benzene rings is 1. The van der Waals surface area contributed by atoms with Crippen molar-refractivity contribution in [3.8, 4) is 0 Å². The highest BCUT2D eigenvalue weighted by Gasteiger charge is 2.19. The summed E-state index contributed by atoms with van der Waals surface area (Å²) in [5.41, 5.74) is 2.63. The number of thiazole rings is 1. The normalized spacial score (nSPS) is 12.0. The fourth-order valence-corrected chi connectivity index (χ4v) is 4.08. The van der Waals surface area contributed by atoms with Gasteiger partial charge in [-0.1, -0.05) is 17.7 Å². The first-order chi connectivity index (χ1) is 9.87. The molecule has 2 heterocycles. The molecule has 0 atom stereocenters. The van der Waals surface area contributed by atoms with E-state index in [1.807, 2.05) is 25.3 Å². The van der Waals surface area contributed by atoms with E-state index in [4.69, 9.17) is 0 Å². The number of rotatable bonds is 3. The van der Waals surface area contributed by atoms with Crippen LogP contribution in [-0.4, -0.2) is 23.0 Å². The number of nitrogens with zero attached hydrogens (tertiary/aromatic N) is 3. The third kappa shape index (κ3) is 2.52. The summed E-state index contributed by atoms with van der Waals surface area (Å²) in [6.45, 7) is 5.58. The van der Waals surface area contributed by atoms with Gasteiger partial charge in [-0.2, -0.15) is 4.98 Å². The lowest BCUT2D eigenvalue weighted by molar-refractivity contribution is 0.600. The summed E-state index contributed by atoms with van der Waals surface area (Å²) in [5.74, 6) is 0.0879. The van der Waals surface area contributed by atoms with Crippen molar-refractivity contribution in [2.45, 2.75) is 25.7 Å². The number of fused-ring (bicyclic) bond motifs is 1. The highest BCUT2D eigenvalue weighted by molar-refractivity contribution is 7.92. The van der Waals surface area contributed by atoms with Crippen LogP contribution in [0, 0.1) is 20.8 Å². The molecule has 0 saturated carbocycles. The minimum atomic E-state index is -3.68.